The monoisotopic (exact) mass is 419 g/mol. The van der Waals surface area contributed by atoms with Crippen molar-refractivity contribution in [3.05, 3.63) is 54.1 Å². The van der Waals surface area contributed by atoms with Gasteiger partial charge in [0.2, 0.25) is 10.0 Å². The highest BCUT2D eigenvalue weighted by atomic mass is 32.2. The van der Waals surface area contributed by atoms with Crippen LogP contribution in [0.3, 0.4) is 0 Å². The molecule has 0 spiro atoms. The highest BCUT2D eigenvalue weighted by Gasteiger charge is 2.31. The van der Waals surface area contributed by atoms with E-state index in [0.29, 0.717) is 5.75 Å². The number of ether oxygens (including phenoxy) is 2. The van der Waals surface area contributed by atoms with Crippen LogP contribution in [0.5, 0.6) is 11.5 Å². The van der Waals surface area contributed by atoms with Crippen molar-refractivity contribution in [3.63, 3.8) is 0 Å². The second-order valence-corrected chi connectivity index (χ2v) is 8.13. The molecular weight excluding hydrogens is 399 g/mol. The van der Waals surface area contributed by atoms with Crippen molar-refractivity contribution in [1.29, 1.82) is 0 Å². The molecular formula is C18H20F3NO5S. The second-order valence-electron chi connectivity index (χ2n) is 6.37. The van der Waals surface area contributed by atoms with Crippen LogP contribution < -0.4 is 14.2 Å². The first-order chi connectivity index (χ1) is 12.9. The van der Waals surface area contributed by atoms with Crippen molar-refractivity contribution in [2.45, 2.75) is 30.2 Å². The van der Waals surface area contributed by atoms with Crippen LogP contribution in [0.25, 0.3) is 0 Å². The van der Waals surface area contributed by atoms with E-state index in [1.165, 1.54) is 14.0 Å². The van der Waals surface area contributed by atoms with E-state index in [1.54, 1.807) is 24.3 Å². The smallest absolute Gasteiger partial charge is 0.497 e. The molecule has 0 amide bonds. The number of hydrogen-bond acceptors (Lipinski definition) is 5. The molecule has 6 nitrogen and oxygen atoms in total. The van der Waals surface area contributed by atoms with Gasteiger partial charge in [0, 0.05) is 13.0 Å². The molecule has 0 fully saturated rings. The number of alkyl halides is 3. The Hall–Kier alpha value is -2.30. The number of sulfonamides is 1. The van der Waals surface area contributed by atoms with Crippen molar-refractivity contribution in [2.75, 3.05) is 13.7 Å². The Morgan fingerprint density at radius 2 is 1.54 bits per heavy atom. The normalized spacial score (nSPS) is 14.4. The Morgan fingerprint density at radius 1 is 1.00 bits per heavy atom. The first-order valence-electron chi connectivity index (χ1n) is 8.11. The van der Waals surface area contributed by atoms with E-state index in [9.17, 15) is 26.7 Å². The molecule has 0 aromatic heterocycles. The summed E-state index contributed by atoms with van der Waals surface area (Å²) in [4.78, 5) is -0.248. The van der Waals surface area contributed by atoms with Gasteiger partial charge in [-0.05, 0) is 48.9 Å². The van der Waals surface area contributed by atoms with Gasteiger partial charge in [0.15, 0.2) is 0 Å². The van der Waals surface area contributed by atoms with Crippen molar-refractivity contribution < 1.29 is 36.2 Å². The summed E-state index contributed by atoms with van der Waals surface area (Å²) in [7, 11) is -2.49. The molecule has 10 heteroatoms. The largest absolute Gasteiger partial charge is 0.573 e. The number of benzene rings is 2. The molecule has 2 rings (SSSR count). The molecule has 0 saturated heterocycles. The van der Waals surface area contributed by atoms with Crippen LogP contribution in [0, 0.1) is 0 Å². The summed E-state index contributed by atoms with van der Waals surface area (Å²) in [6.45, 7) is 1.18. The fourth-order valence-electron chi connectivity index (χ4n) is 2.40. The Labute approximate surface area is 161 Å². The predicted octanol–water partition coefficient (Wildman–Crippen LogP) is 2.87. The molecule has 0 bridgehead atoms. The molecule has 0 heterocycles. The van der Waals surface area contributed by atoms with Gasteiger partial charge >= 0.3 is 6.36 Å². The van der Waals surface area contributed by atoms with E-state index < -0.39 is 27.7 Å². The molecule has 2 aromatic carbocycles. The highest BCUT2D eigenvalue weighted by Crippen LogP contribution is 2.24. The minimum absolute atomic E-state index is 0.178. The van der Waals surface area contributed by atoms with Crippen molar-refractivity contribution in [1.82, 2.24) is 4.72 Å². The number of nitrogens with one attached hydrogen (secondary N) is 1. The van der Waals surface area contributed by atoms with Crippen LogP contribution in [0.15, 0.2) is 53.4 Å². The first-order valence-corrected chi connectivity index (χ1v) is 9.59. The zero-order chi connectivity index (χ0) is 21.0. The lowest BCUT2D eigenvalue weighted by atomic mass is 9.97. The maximum atomic E-state index is 12.3. The number of rotatable bonds is 8. The van der Waals surface area contributed by atoms with Crippen LogP contribution in [-0.4, -0.2) is 39.1 Å². The van der Waals surface area contributed by atoms with Crippen LogP contribution in [-0.2, 0) is 16.4 Å². The SMILES string of the molecule is COc1ccc(CC(C)(O)CNS(=O)(=O)c2ccc(OC(F)(F)F)cc2)cc1. The highest BCUT2D eigenvalue weighted by molar-refractivity contribution is 7.89. The Kier molecular flexibility index (Phi) is 6.58. The molecule has 0 radical (unpaired) electrons. The molecule has 0 aliphatic heterocycles. The minimum atomic E-state index is -4.86. The third-order valence-corrected chi connectivity index (χ3v) is 5.17. The fourth-order valence-corrected chi connectivity index (χ4v) is 3.56. The molecule has 2 N–H and O–H groups in total. The van der Waals surface area contributed by atoms with E-state index in [-0.39, 0.29) is 17.9 Å². The lowest BCUT2D eigenvalue weighted by Crippen LogP contribution is -2.42. The Bertz CT molecular complexity index is 879. The molecule has 1 unspecified atom stereocenters. The van der Waals surface area contributed by atoms with Gasteiger partial charge < -0.3 is 14.6 Å². The molecule has 1 atom stereocenters. The van der Waals surface area contributed by atoms with Crippen molar-refractivity contribution in [2.24, 2.45) is 0 Å². The summed E-state index contributed by atoms with van der Waals surface area (Å²) in [5.74, 6) is 0.125. The molecule has 2 aromatic rings. The lowest BCUT2D eigenvalue weighted by Gasteiger charge is -2.24. The number of hydrogen-bond donors (Lipinski definition) is 2. The van der Waals surface area contributed by atoms with E-state index >= 15 is 0 Å². The summed E-state index contributed by atoms with van der Waals surface area (Å²) < 4.78 is 72.1. The van der Waals surface area contributed by atoms with Gasteiger partial charge in [0.05, 0.1) is 17.6 Å². The molecule has 0 saturated carbocycles. The number of methoxy groups -OCH3 is 1. The fraction of sp³-hybridized carbons (Fsp3) is 0.333. The van der Waals surface area contributed by atoms with Crippen LogP contribution in [0.2, 0.25) is 0 Å². The summed E-state index contributed by atoms with van der Waals surface area (Å²) in [5, 5.41) is 10.5. The Balaban J connectivity index is 2.00. The summed E-state index contributed by atoms with van der Waals surface area (Å²) in [6, 6.07) is 10.7. The lowest BCUT2D eigenvalue weighted by molar-refractivity contribution is -0.274. The second kappa shape index (κ2) is 8.38. The molecule has 154 valence electrons. The van der Waals surface area contributed by atoms with Gasteiger partial charge in [0.25, 0.3) is 0 Å². The van der Waals surface area contributed by atoms with Crippen LogP contribution in [0.4, 0.5) is 13.2 Å². The maximum absolute atomic E-state index is 12.3. The van der Waals surface area contributed by atoms with Gasteiger partial charge in [0.1, 0.15) is 11.5 Å². The zero-order valence-corrected chi connectivity index (χ0v) is 16.0. The third-order valence-electron chi connectivity index (χ3n) is 3.75. The van der Waals surface area contributed by atoms with Crippen LogP contribution in [0.1, 0.15) is 12.5 Å². The third kappa shape index (κ3) is 6.70. The predicted molar refractivity (Wildman–Crippen MR) is 95.6 cm³/mol. The topological polar surface area (TPSA) is 84.9 Å². The quantitative estimate of drug-likeness (QED) is 0.687. The van der Waals surface area contributed by atoms with E-state index in [2.05, 4.69) is 9.46 Å². The summed E-state index contributed by atoms with van der Waals surface area (Å²) in [5.41, 5.74) is -0.611. The summed E-state index contributed by atoms with van der Waals surface area (Å²) in [6.07, 6.45) is -4.68. The van der Waals surface area contributed by atoms with Gasteiger partial charge in [-0.2, -0.15) is 0 Å². The van der Waals surface area contributed by atoms with E-state index in [0.717, 1.165) is 29.8 Å². The minimum Gasteiger partial charge on any atom is -0.497 e. The molecule has 0 aliphatic carbocycles. The van der Waals surface area contributed by atoms with Crippen molar-refractivity contribution in [3.8, 4) is 11.5 Å². The van der Waals surface area contributed by atoms with Gasteiger partial charge in [-0.3, -0.25) is 0 Å². The van der Waals surface area contributed by atoms with Gasteiger partial charge in [-0.15, -0.1) is 13.2 Å². The number of halogens is 3. The maximum Gasteiger partial charge on any atom is 0.573 e. The standard InChI is InChI=1S/C18H20F3NO5S/c1-17(23,11-13-3-5-14(26-2)6-4-13)12-22-28(24,25)16-9-7-15(8-10-16)27-18(19,20)21/h3-10,22-23H,11-12H2,1-2H3. The van der Waals surface area contributed by atoms with E-state index in [4.69, 9.17) is 4.74 Å². The zero-order valence-electron chi connectivity index (χ0n) is 15.2. The summed E-state index contributed by atoms with van der Waals surface area (Å²) >= 11 is 0. The molecule has 0 aliphatic rings. The number of aliphatic hydroxyl groups is 1. The van der Waals surface area contributed by atoms with Crippen molar-refractivity contribution >= 4 is 10.0 Å². The average Bonchev–Trinajstić information content (AvgIpc) is 2.60. The molecule has 28 heavy (non-hydrogen) atoms. The van der Waals surface area contributed by atoms with E-state index in [1.807, 2.05) is 0 Å². The first kappa shape index (κ1) is 22.0. The Morgan fingerprint density at radius 3 is 2.04 bits per heavy atom. The van der Waals surface area contributed by atoms with Gasteiger partial charge in [-0.25, -0.2) is 13.1 Å². The van der Waals surface area contributed by atoms with Crippen LogP contribution >= 0.6 is 0 Å². The average molecular weight is 419 g/mol. The van der Waals surface area contributed by atoms with Gasteiger partial charge in [-0.1, -0.05) is 12.1 Å².